The molecule has 0 fully saturated rings. The SMILES string of the molecule is C=C(C)C(O)NCCCC(C)(C)[N+](C)(C)CC(C)(O)C[N+](C)(C)C. The number of hydrogen-bond donors (Lipinski definition) is 3. The first-order valence-electron chi connectivity index (χ1n) is 8.92. The van der Waals surface area contributed by atoms with Crippen molar-refractivity contribution >= 4 is 0 Å². The van der Waals surface area contributed by atoms with Gasteiger partial charge < -0.3 is 19.2 Å². The molecule has 24 heavy (non-hydrogen) atoms. The summed E-state index contributed by atoms with van der Waals surface area (Å²) in [5.41, 5.74) is 0.0553. The predicted molar refractivity (Wildman–Crippen MR) is 103 cm³/mol. The maximum absolute atomic E-state index is 10.9. The molecule has 0 saturated carbocycles. The highest BCUT2D eigenvalue weighted by molar-refractivity contribution is 4.94. The van der Waals surface area contributed by atoms with Gasteiger partial charge in [-0.1, -0.05) is 6.58 Å². The van der Waals surface area contributed by atoms with Gasteiger partial charge in [0.15, 0.2) is 5.60 Å². The third kappa shape index (κ3) is 8.58. The molecule has 144 valence electrons. The minimum atomic E-state index is -0.715. The van der Waals surface area contributed by atoms with Gasteiger partial charge in [-0.15, -0.1) is 0 Å². The van der Waals surface area contributed by atoms with E-state index < -0.39 is 11.8 Å². The van der Waals surface area contributed by atoms with Crippen LogP contribution in [0.5, 0.6) is 0 Å². The van der Waals surface area contributed by atoms with Crippen LogP contribution < -0.4 is 5.32 Å². The van der Waals surface area contributed by atoms with Crippen molar-refractivity contribution in [3.63, 3.8) is 0 Å². The Morgan fingerprint density at radius 1 is 1.08 bits per heavy atom. The molecule has 0 bridgehead atoms. The van der Waals surface area contributed by atoms with Gasteiger partial charge in [-0.2, -0.15) is 0 Å². The summed E-state index contributed by atoms with van der Waals surface area (Å²) in [5.74, 6) is 0. The number of quaternary nitrogens is 2. The summed E-state index contributed by atoms with van der Waals surface area (Å²) >= 11 is 0. The van der Waals surface area contributed by atoms with Gasteiger partial charge in [0.25, 0.3) is 0 Å². The van der Waals surface area contributed by atoms with Crippen molar-refractivity contribution in [1.82, 2.24) is 5.32 Å². The third-order valence-electron chi connectivity index (χ3n) is 4.96. The van der Waals surface area contributed by atoms with Crippen LogP contribution >= 0.6 is 0 Å². The van der Waals surface area contributed by atoms with Crippen LogP contribution in [0.3, 0.4) is 0 Å². The summed E-state index contributed by atoms with van der Waals surface area (Å²) < 4.78 is 1.50. The molecule has 3 N–H and O–H groups in total. The lowest BCUT2D eigenvalue weighted by molar-refractivity contribution is -0.950. The van der Waals surface area contributed by atoms with Crippen molar-refractivity contribution in [3.05, 3.63) is 12.2 Å². The molecule has 5 nitrogen and oxygen atoms in total. The van der Waals surface area contributed by atoms with Gasteiger partial charge in [-0.05, 0) is 46.2 Å². The fourth-order valence-corrected chi connectivity index (χ4v) is 3.37. The van der Waals surface area contributed by atoms with Crippen molar-refractivity contribution < 1.29 is 19.2 Å². The summed E-state index contributed by atoms with van der Waals surface area (Å²) in [6, 6.07) is 0. The van der Waals surface area contributed by atoms with Crippen molar-refractivity contribution in [2.75, 3.05) is 54.9 Å². The monoisotopic (exact) mass is 345 g/mol. The highest BCUT2D eigenvalue weighted by Gasteiger charge is 2.43. The van der Waals surface area contributed by atoms with Crippen LogP contribution in [0.25, 0.3) is 0 Å². The summed E-state index contributed by atoms with van der Waals surface area (Å²) in [5, 5.41) is 23.7. The van der Waals surface area contributed by atoms with Crippen molar-refractivity contribution in [2.24, 2.45) is 0 Å². The number of aliphatic hydroxyl groups excluding tert-OH is 1. The molecule has 0 aliphatic carbocycles. The molecule has 0 aromatic rings. The fourth-order valence-electron chi connectivity index (χ4n) is 3.37. The Labute approximate surface area is 150 Å². The Morgan fingerprint density at radius 2 is 1.58 bits per heavy atom. The topological polar surface area (TPSA) is 52.5 Å². The largest absolute Gasteiger partial charge is 0.379 e. The van der Waals surface area contributed by atoms with E-state index in [4.69, 9.17) is 0 Å². The standard InChI is InChI=1S/C19H43N3O2/c1-16(2)17(23)20-13-11-12-18(3,4)22(9,10)15-19(5,24)14-21(6,7)8/h17,20,23-24H,1,11-15H2,2-10H3/q+2. The molecule has 0 spiro atoms. The Hall–Kier alpha value is -0.460. The average Bonchev–Trinajstić information content (AvgIpc) is 2.29. The zero-order chi connectivity index (χ0) is 19.4. The number of nitrogens with one attached hydrogen (secondary N) is 1. The van der Waals surface area contributed by atoms with Crippen molar-refractivity contribution in [1.29, 1.82) is 0 Å². The van der Waals surface area contributed by atoms with E-state index in [9.17, 15) is 10.2 Å². The molecule has 0 heterocycles. The Morgan fingerprint density at radius 3 is 2.00 bits per heavy atom. The lowest BCUT2D eigenvalue weighted by Crippen LogP contribution is -2.64. The number of aliphatic hydroxyl groups is 2. The van der Waals surface area contributed by atoms with E-state index in [0.29, 0.717) is 6.54 Å². The zero-order valence-corrected chi connectivity index (χ0v) is 17.6. The van der Waals surface area contributed by atoms with Gasteiger partial charge >= 0.3 is 0 Å². The fraction of sp³-hybridized carbons (Fsp3) is 0.895. The third-order valence-corrected chi connectivity index (χ3v) is 4.96. The lowest BCUT2D eigenvalue weighted by Gasteiger charge is -2.48. The molecule has 0 aliphatic rings. The van der Waals surface area contributed by atoms with Gasteiger partial charge in [0.05, 0.1) is 40.8 Å². The van der Waals surface area contributed by atoms with E-state index in [1.54, 1.807) is 0 Å². The summed E-state index contributed by atoms with van der Waals surface area (Å²) in [4.78, 5) is 0. The molecule has 5 heteroatoms. The minimum Gasteiger partial charge on any atom is -0.379 e. The van der Waals surface area contributed by atoms with Crippen molar-refractivity contribution in [2.45, 2.75) is 57.9 Å². The van der Waals surface area contributed by atoms with Crippen LogP contribution in [-0.2, 0) is 0 Å². The highest BCUT2D eigenvalue weighted by Crippen LogP contribution is 2.28. The number of rotatable bonds is 11. The van der Waals surface area contributed by atoms with Crippen LogP contribution in [0.15, 0.2) is 12.2 Å². The summed E-state index contributed by atoms with van der Waals surface area (Å²) in [6.45, 7) is 14.2. The maximum atomic E-state index is 10.9. The van der Waals surface area contributed by atoms with Crippen molar-refractivity contribution in [3.8, 4) is 0 Å². The van der Waals surface area contributed by atoms with E-state index in [1.807, 2.05) is 13.8 Å². The smallest absolute Gasteiger partial charge is 0.159 e. The van der Waals surface area contributed by atoms with E-state index >= 15 is 0 Å². The molecule has 0 amide bonds. The molecule has 2 unspecified atom stereocenters. The van der Waals surface area contributed by atoms with Crippen LogP contribution in [0.2, 0.25) is 0 Å². The Bertz CT molecular complexity index is 409. The van der Waals surface area contributed by atoms with Crippen LogP contribution in [0.1, 0.15) is 40.5 Å². The van der Waals surface area contributed by atoms with E-state index in [2.05, 4.69) is 61.0 Å². The Kier molecular flexibility index (Phi) is 8.12. The molecule has 0 aliphatic heterocycles. The second-order valence-corrected chi connectivity index (χ2v) is 9.91. The first kappa shape index (κ1) is 23.5. The molecule has 0 rings (SSSR count). The Balaban J connectivity index is 4.66. The van der Waals surface area contributed by atoms with Crippen LogP contribution in [-0.4, -0.2) is 91.4 Å². The molecular formula is C19H43N3O2+2. The van der Waals surface area contributed by atoms with Gasteiger partial charge in [0.2, 0.25) is 0 Å². The molecule has 0 radical (unpaired) electrons. The van der Waals surface area contributed by atoms with Gasteiger partial charge in [-0.3, -0.25) is 5.32 Å². The molecule has 2 atom stereocenters. The van der Waals surface area contributed by atoms with Crippen LogP contribution in [0, 0.1) is 0 Å². The number of likely N-dealkylation sites (N-methyl/N-ethyl adjacent to an activating group) is 2. The van der Waals surface area contributed by atoms with E-state index in [-0.39, 0.29) is 5.54 Å². The van der Waals surface area contributed by atoms with Gasteiger partial charge in [-0.25, -0.2) is 0 Å². The van der Waals surface area contributed by atoms with E-state index in [0.717, 1.165) is 40.5 Å². The van der Waals surface area contributed by atoms with Gasteiger partial charge in [0.1, 0.15) is 19.3 Å². The summed E-state index contributed by atoms with van der Waals surface area (Å²) in [6.07, 6.45) is 1.35. The zero-order valence-electron chi connectivity index (χ0n) is 17.6. The highest BCUT2D eigenvalue weighted by atomic mass is 16.3. The molecule has 0 saturated heterocycles. The quantitative estimate of drug-likeness (QED) is 0.231. The lowest BCUT2D eigenvalue weighted by atomic mass is 9.91. The first-order valence-corrected chi connectivity index (χ1v) is 8.92. The molecular weight excluding hydrogens is 302 g/mol. The van der Waals surface area contributed by atoms with Crippen LogP contribution in [0.4, 0.5) is 0 Å². The predicted octanol–water partition coefficient (Wildman–Crippen LogP) is 1.56. The second-order valence-electron chi connectivity index (χ2n) is 9.91. The normalized spacial score (nSPS) is 17.5. The number of nitrogens with zero attached hydrogens (tertiary/aromatic N) is 2. The second kappa shape index (κ2) is 8.28. The van der Waals surface area contributed by atoms with Gasteiger partial charge in [0, 0.05) is 6.42 Å². The average molecular weight is 346 g/mol. The first-order chi connectivity index (χ1) is 10.5. The number of hydrogen-bond acceptors (Lipinski definition) is 3. The van der Waals surface area contributed by atoms with E-state index in [1.165, 1.54) is 0 Å². The minimum absolute atomic E-state index is 0.0325. The maximum Gasteiger partial charge on any atom is 0.159 e. The summed E-state index contributed by atoms with van der Waals surface area (Å²) in [7, 11) is 10.7. The molecule has 0 aromatic carbocycles. The molecule has 0 aromatic heterocycles.